The molecule has 0 aromatic heterocycles. The van der Waals surface area contributed by atoms with E-state index in [4.69, 9.17) is 5.11 Å². The number of carbonyl (C=O) groups is 2. The van der Waals surface area contributed by atoms with E-state index in [2.05, 4.69) is 4.72 Å². The number of amides is 1. The topological polar surface area (TPSA) is 104 Å². The molecular formula is C18H26N2O5S. The highest BCUT2D eigenvalue weighted by atomic mass is 32.2. The first kappa shape index (κ1) is 20.4. The Kier molecular flexibility index (Phi) is 6.77. The summed E-state index contributed by atoms with van der Waals surface area (Å²) >= 11 is 0. The van der Waals surface area contributed by atoms with Crippen molar-refractivity contribution in [3.63, 3.8) is 0 Å². The third-order valence-corrected chi connectivity index (χ3v) is 6.35. The van der Waals surface area contributed by atoms with Gasteiger partial charge in [-0.3, -0.25) is 9.59 Å². The van der Waals surface area contributed by atoms with Gasteiger partial charge in [-0.05, 0) is 56.4 Å². The predicted octanol–water partition coefficient (Wildman–Crippen LogP) is 2.09. The normalized spacial score (nSPS) is 17.1. The summed E-state index contributed by atoms with van der Waals surface area (Å²) in [5.74, 6) is -0.856. The maximum Gasteiger partial charge on any atom is 0.303 e. The van der Waals surface area contributed by atoms with Crippen LogP contribution < -0.4 is 4.72 Å². The highest BCUT2D eigenvalue weighted by Gasteiger charge is 2.25. The fraction of sp³-hybridized carbons (Fsp3) is 0.556. The van der Waals surface area contributed by atoms with E-state index in [1.54, 1.807) is 11.8 Å². The third kappa shape index (κ3) is 5.28. The molecule has 0 bridgehead atoms. The summed E-state index contributed by atoms with van der Waals surface area (Å²) in [6.07, 6.45) is 2.16. The van der Waals surface area contributed by atoms with E-state index in [0.29, 0.717) is 37.9 Å². The maximum absolute atomic E-state index is 12.6. The number of likely N-dealkylation sites (tertiary alicyclic amines) is 1. The molecule has 1 amide bonds. The van der Waals surface area contributed by atoms with Crippen molar-refractivity contribution in [1.29, 1.82) is 0 Å². The number of hydrogen-bond donors (Lipinski definition) is 2. The van der Waals surface area contributed by atoms with Crippen molar-refractivity contribution in [3.05, 3.63) is 29.8 Å². The molecule has 2 rings (SSSR count). The van der Waals surface area contributed by atoms with Gasteiger partial charge in [0.15, 0.2) is 0 Å². The highest BCUT2D eigenvalue weighted by molar-refractivity contribution is 7.89. The lowest BCUT2D eigenvalue weighted by atomic mass is 9.93. The number of carboxylic acid groups (broad SMARTS) is 1. The Bertz CT molecular complexity index is 737. The van der Waals surface area contributed by atoms with Gasteiger partial charge in [-0.15, -0.1) is 0 Å². The van der Waals surface area contributed by atoms with Gasteiger partial charge in [-0.2, -0.15) is 0 Å². The number of carbonyl (C=O) groups excluding carboxylic acids is 1. The minimum Gasteiger partial charge on any atom is -0.481 e. The molecule has 0 spiro atoms. The summed E-state index contributed by atoms with van der Waals surface area (Å²) in [6.45, 7) is 4.73. The lowest BCUT2D eigenvalue weighted by molar-refractivity contribution is -0.138. The van der Waals surface area contributed by atoms with Crippen LogP contribution in [0.5, 0.6) is 0 Å². The Morgan fingerprint density at radius 3 is 2.31 bits per heavy atom. The number of hydrogen-bond acceptors (Lipinski definition) is 4. The lowest BCUT2D eigenvalue weighted by Gasteiger charge is -2.31. The summed E-state index contributed by atoms with van der Waals surface area (Å²) in [4.78, 5) is 25.2. The molecule has 1 fully saturated rings. The molecule has 8 heteroatoms. The fourth-order valence-corrected chi connectivity index (χ4v) is 4.29. The zero-order valence-corrected chi connectivity index (χ0v) is 16.0. The van der Waals surface area contributed by atoms with Crippen LogP contribution in [0.15, 0.2) is 29.2 Å². The quantitative estimate of drug-likeness (QED) is 0.751. The van der Waals surface area contributed by atoms with Crippen molar-refractivity contribution in [3.8, 4) is 0 Å². The molecule has 1 unspecified atom stereocenters. The summed E-state index contributed by atoms with van der Waals surface area (Å²) < 4.78 is 27.1. The van der Waals surface area contributed by atoms with Crippen LogP contribution in [0.1, 0.15) is 49.9 Å². The summed E-state index contributed by atoms with van der Waals surface area (Å²) in [6, 6.07) is 5.77. The first-order chi connectivity index (χ1) is 12.2. The van der Waals surface area contributed by atoms with Crippen molar-refractivity contribution in [2.45, 2.75) is 50.5 Å². The number of piperidine rings is 1. The van der Waals surface area contributed by atoms with E-state index >= 15 is 0 Å². The molecule has 1 heterocycles. The summed E-state index contributed by atoms with van der Waals surface area (Å²) in [5, 5.41) is 8.85. The first-order valence-electron chi connectivity index (χ1n) is 8.86. The molecule has 1 aromatic carbocycles. The smallest absolute Gasteiger partial charge is 0.303 e. The predicted molar refractivity (Wildman–Crippen MR) is 97.4 cm³/mol. The SMILES string of the molecule is CCC(C)NS(=O)(=O)c1ccc(C(=O)N2CCC(CC(=O)O)CC2)cc1. The Morgan fingerprint density at radius 1 is 1.23 bits per heavy atom. The molecule has 26 heavy (non-hydrogen) atoms. The van der Waals surface area contributed by atoms with Crippen LogP contribution in [0, 0.1) is 5.92 Å². The van der Waals surface area contributed by atoms with Crippen LogP contribution in [0.3, 0.4) is 0 Å². The van der Waals surface area contributed by atoms with Gasteiger partial charge >= 0.3 is 5.97 Å². The van der Waals surface area contributed by atoms with Gasteiger partial charge in [0.05, 0.1) is 4.90 Å². The van der Waals surface area contributed by atoms with Gasteiger partial charge < -0.3 is 10.0 Å². The van der Waals surface area contributed by atoms with Crippen LogP contribution in [0.2, 0.25) is 0 Å². The Morgan fingerprint density at radius 2 is 1.81 bits per heavy atom. The van der Waals surface area contributed by atoms with Gasteiger partial charge in [0.2, 0.25) is 10.0 Å². The van der Waals surface area contributed by atoms with E-state index < -0.39 is 16.0 Å². The Labute approximate surface area is 154 Å². The van der Waals surface area contributed by atoms with Crippen LogP contribution in [-0.2, 0) is 14.8 Å². The van der Waals surface area contributed by atoms with Gasteiger partial charge in [0.1, 0.15) is 0 Å². The minimum atomic E-state index is -3.59. The van der Waals surface area contributed by atoms with Crippen molar-refractivity contribution in [2.75, 3.05) is 13.1 Å². The third-order valence-electron chi connectivity index (χ3n) is 4.75. The van der Waals surface area contributed by atoms with Crippen molar-refractivity contribution in [1.82, 2.24) is 9.62 Å². The van der Waals surface area contributed by atoms with E-state index in [1.807, 2.05) is 6.92 Å². The Balaban J connectivity index is 2.00. The second kappa shape index (κ2) is 8.64. The molecular weight excluding hydrogens is 356 g/mol. The average molecular weight is 382 g/mol. The van der Waals surface area contributed by atoms with Gasteiger partial charge in [-0.25, -0.2) is 13.1 Å². The Hall–Kier alpha value is -1.93. The molecule has 144 valence electrons. The molecule has 1 aliphatic rings. The number of benzene rings is 1. The zero-order valence-electron chi connectivity index (χ0n) is 15.1. The number of sulfonamides is 1. The zero-order chi connectivity index (χ0) is 19.3. The highest BCUT2D eigenvalue weighted by Crippen LogP contribution is 2.22. The van der Waals surface area contributed by atoms with Crippen LogP contribution >= 0.6 is 0 Å². The van der Waals surface area contributed by atoms with E-state index in [0.717, 1.165) is 0 Å². The monoisotopic (exact) mass is 382 g/mol. The number of aliphatic carboxylic acids is 1. The molecule has 7 nitrogen and oxygen atoms in total. The average Bonchev–Trinajstić information content (AvgIpc) is 2.61. The molecule has 1 aliphatic heterocycles. The van der Waals surface area contributed by atoms with E-state index in [-0.39, 0.29) is 29.2 Å². The number of carboxylic acids is 1. The van der Waals surface area contributed by atoms with Crippen LogP contribution in [0.4, 0.5) is 0 Å². The van der Waals surface area contributed by atoms with Crippen molar-refractivity contribution >= 4 is 21.9 Å². The maximum atomic E-state index is 12.6. The molecule has 2 N–H and O–H groups in total. The number of nitrogens with one attached hydrogen (secondary N) is 1. The molecule has 0 aliphatic carbocycles. The van der Waals surface area contributed by atoms with Crippen LogP contribution in [-0.4, -0.2) is 49.4 Å². The minimum absolute atomic E-state index is 0.107. The largest absolute Gasteiger partial charge is 0.481 e. The number of nitrogens with zero attached hydrogens (tertiary/aromatic N) is 1. The number of rotatable bonds is 7. The molecule has 1 saturated heterocycles. The van der Waals surface area contributed by atoms with E-state index in [1.165, 1.54) is 24.3 Å². The molecule has 0 radical (unpaired) electrons. The lowest BCUT2D eigenvalue weighted by Crippen LogP contribution is -2.39. The first-order valence-corrected chi connectivity index (χ1v) is 10.3. The fourth-order valence-electron chi connectivity index (χ4n) is 2.96. The van der Waals surface area contributed by atoms with E-state index in [9.17, 15) is 18.0 Å². The summed E-state index contributed by atoms with van der Waals surface area (Å²) in [7, 11) is -3.59. The standard InChI is InChI=1S/C18H26N2O5S/c1-3-13(2)19-26(24,25)16-6-4-15(5-7-16)18(23)20-10-8-14(9-11-20)12-17(21)22/h4-7,13-14,19H,3,8-12H2,1-2H3,(H,21,22). The van der Waals surface area contributed by atoms with Crippen molar-refractivity contribution in [2.24, 2.45) is 5.92 Å². The molecule has 1 aromatic rings. The van der Waals surface area contributed by atoms with Crippen molar-refractivity contribution < 1.29 is 23.1 Å². The van der Waals surface area contributed by atoms with Gasteiger partial charge in [0.25, 0.3) is 5.91 Å². The van der Waals surface area contributed by atoms with Gasteiger partial charge in [0, 0.05) is 31.1 Å². The molecule has 1 atom stereocenters. The summed E-state index contributed by atoms with van der Waals surface area (Å²) in [5.41, 5.74) is 0.434. The second-order valence-electron chi connectivity index (χ2n) is 6.79. The van der Waals surface area contributed by atoms with Crippen LogP contribution in [0.25, 0.3) is 0 Å². The second-order valence-corrected chi connectivity index (χ2v) is 8.50. The molecule has 0 saturated carbocycles. The van der Waals surface area contributed by atoms with Gasteiger partial charge in [-0.1, -0.05) is 6.92 Å².